The lowest BCUT2D eigenvalue weighted by Crippen LogP contribution is -2.13. The van der Waals surface area contributed by atoms with Crippen molar-refractivity contribution in [3.63, 3.8) is 0 Å². The summed E-state index contributed by atoms with van der Waals surface area (Å²) in [5.41, 5.74) is 0.992. The van der Waals surface area contributed by atoms with Crippen LogP contribution in [-0.2, 0) is 0 Å². The van der Waals surface area contributed by atoms with Crippen molar-refractivity contribution in [3.05, 3.63) is 23.2 Å². The number of ether oxygens (including phenoxy) is 1. The van der Waals surface area contributed by atoms with Crippen LogP contribution in [0.4, 0.5) is 5.69 Å². The van der Waals surface area contributed by atoms with Crippen LogP contribution in [0, 0.1) is 5.92 Å². The molecule has 0 amide bonds. The van der Waals surface area contributed by atoms with E-state index in [9.17, 15) is 0 Å². The number of nitrogens with one attached hydrogen (secondary N) is 1. The summed E-state index contributed by atoms with van der Waals surface area (Å²) in [7, 11) is 0. The van der Waals surface area contributed by atoms with E-state index in [1.807, 2.05) is 25.1 Å². The Balaban J connectivity index is 2.70. The van der Waals surface area contributed by atoms with Gasteiger partial charge in [-0.3, -0.25) is 0 Å². The summed E-state index contributed by atoms with van der Waals surface area (Å²) in [5, 5.41) is 4.17. The van der Waals surface area contributed by atoms with Gasteiger partial charge in [-0.25, -0.2) is 0 Å². The molecule has 0 aliphatic heterocycles. The fraction of sp³-hybridized carbons (Fsp3) is 0.571. The minimum Gasteiger partial charge on any atom is -0.492 e. The molecule has 0 unspecified atom stereocenters. The molecule has 1 N–H and O–H groups in total. The lowest BCUT2D eigenvalue weighted by Gasteiger charge is -2.17. The van der Waals surface area contributed by atoms with Crippen LogP contribution in [-0.4, -0.2) is 13.2 Å². The summed E-state index contributed by atoms with van der Waals surface area (Å²) >= 11 is 6.00. The van der Waals surface area contributed by atoms with E-state index in [1.54, 1.807) is 0 Å². The standard InChI is InChI=1S/C14H22ClNO/c1-4-11(5-2)10-16-13-9-12(15)7-8-14(13)17-6-3/h7-9,11,16H,4-6,10H2,1-3H3. The topological polar surface area (TPSA) is 21.3 Å². The molecule has 17 heavy (non-hydrogen) atoms. The first kappa shape index (κ1) is 14.2. The van der Waals surface area contributed by atoms with E-state index in [4.69, 9.17) is 16.3 Å². The molecule has 2 nitrogen and oxygen atoms in total. The van der Waals surface area contributed by atoms with E-state index < -0.39 is 0 Å². The van der Waals surface area contributed by atoms with E-state index in [-0.39, 0.29) is 0 Å². The zero-order chi connectivity index (χ0) is 12.7. The average molecular weight is 256 g/mol. The van der Waals surface area contributed by atoms with Crippen LogP contribution in [0.1, 0.15) is 33.6 Å². The second kappa shape index (κ2) is 7.44. The third-order valence-electron chi connectivity index (χ3n) is 2.98. The fourth-order valence-electron chi connectivity index (χ4n) is 1.75. The highest BCUT2D eigenvalue weighted by atomic mass is 35.5. The Morgan fingerprint density at radius 1 is 1.24 bits per heavy atom. The van der Waals surface area contributed by atoms with Crippen LogP contribution in [0.15, 0.2) is 18.2 Å². The molecule has 0 heterocycles. The lowest BCUT2D eigenvalue weighted by atomic mass is 10.0. The van der Waals surface area contributed by atoms with Crippen LogP contribution in [0.3, 0.4) is 0 Å². The zero-order valence-corrected chi connectivity index (χ0v) is 11.7. The monoisotopic (exact) mass is 255 g/mol. The van der Waals surface area contributed by atoms with Gasteiger partial charge in [-0.1, -0.05) is 38.3 Å². The predicted octanol–water partition coefficient (Wildman–Crippen LogP) is 4.59. The number of rotatable bonds is 7. The Kier molecular flexibility index (Phi) is 6.20. The van der Waals surface area contributed by atoms with E-state index in [0.29, 0.717) is 12.5 Å². The minimum absolute atomic E-state index is 0.668. The first-order valence-corrected chi connectivity index (χ1v) is 6.75. The molecule has 1 aromatic rings. The van der Waals surface area contributed by atoms with Gasteiger partial charge in [0.05, 0.1) is 12.3 Å². The summed E-state index contributed by atoms with van der Waals surface area (Å²) in [5.74, 6) is 1.58. The Hall–Kier alpha value is -0.890. The van der Waals surface area contributed by atoms with Gasteiger partial charge in [0.25, 0.3) is 0 Å². The van der Waals surface area contributed by atoms with Gasteiger partial charge in [0, 0.05) is 11.6 Å². The first-order valence-electron chi connectivity index (χ1n) is 6.37. The Morgan fingerprint density at radius 2 is 1.94 bits per heavy atom. The van der Waals surface area contributed by atoms with E-state index >= 15 is 0 Å². The smallest absolute Gasteiger partial charge is 0.142 e. The molecule has 0 bridgehead atoms. The summed E-state index contributed by atoms with van der Waals surface area (Å²) in [6, 6.07) is 5.70. The van der Waals surface area contributed by atoms with Gasteiger partial charge in [-0.15, -0.1) is 0 Å². The maximum atomic E-state index is 6.00. The molecule has 1 rings (SSSR count). The van der Waals surface area contributed by atoms with Gasteiger partial charge < -0.3 is 10.1 Å². The molecule has 1 aromatic carbocycles. The summed E-state index contributed by atoms with van der Waals surface area (Å²) in [4.78, 5) is 0. The Labute approximate surface area is 109 Å². The number of anilines is 1. The molecule has 0 aliphatic carbocycles. The van der Waals surface area contributed by atoms with Gasteiger partial charge in [-0.05, 0) is 31.0 Å². The zero-order valence-electron chi connectivity index (χ0n) is 10.9. The van der Waals surface area contributed by atoms with E-state index in [2.05, 4.69) is 19.2 Å². The van der Waals surface area contributed by atoms with E-state index in [1.165, 1.54) is 12.8 Å². The van der Waals surface area contributed by atoms with Crippen molar-refractivity contribution in [2.45, 2.75) is 33.6 Å². The second-order valence-corrected chi connectivity index (χ2v) is 4.57. The first-order chi connectivity index (χ1) is 8.21. The average Bonchev–Trinajstić information content (AvgIpc) is 2.34. The van der Waals surface area contributed by atoms with Crippen molar-refractivity contribution < 1.29 is 4.74 Å². The highest BCUT2D eigenvalue weighted by Gasteiger charge is 2.07. The second-order valence-electron chi connectivity index (χ2n) is 4.14. The van der Waals surface area contributed by atoms with Gasteiger partial charge in [0.1, 0.15) is 5.75 Å². The maximum Gasteiger partial charge on any atom is 0.142 e. The van der Waals surface area contributed by atoms with Crippen molar-refractivity contribution in [1.29, 1.82) is 0 Å². The molecule has 0 spiro atoms. The summed E-state index contributed by atoms with van der Waals surface area (Å²) < 4.78 is 5.57. The highest BCUT2D eigenvalue weighted by molar-refractivity contribution is 6.30. The number of halogens is 1. The molecular formula is C14H22ClNO. The van der Waals surface area contributed by atoms with Crippen LogP contribution in [0.5, 0.6) is 5.75 Å². The summed E-state index contributed by atoms with van der Waals surface area (Å²) in [6.45, 7) is 8.06. The number of hydrogen-bond acceptors (Lipinski definition) is 2. The normalized spacial score (nSPS) is 10.6. The lowest BCUT2D eigenvalue weighted by molar-refractivity contribution is 0.341. The fourth-order valence-corrected chi connectivity index (χ4v) is 1.93. The largest absolute Gasteiger partial charge is 0.492 e. The van der Waals surface area contributed by atoms with Crippen LogP contribution in [0.2, 0.25) is 5.02 Å². The molecule has 0 radical (unpaired) electrons. The van der Waals surface area contributed by atoms with Crippen molar-refractivity contribution in [2.24, 2.45) is 5.92 Å². The molecule has 96 valence electrons. The van der Waals surface area contributed by atoms with Crippen molar-refractivity contribution in [2.75, 3.05) is 18.5 Å². The summed E-state index contributed by atoms with van der Waals surface area (Å²) in [6.07, 6.45) is 2.38. The van der Waals surface area contributed by atoms with Crippen LogP contribution in [0.25, 0.3) is 0 Å². The molecule has 0 aromatic heterocycles. The quantitative estimate of drug-likeness (QED) is 0.770. The molecule has 0 saturated heterocycles. The third kappa shape index (κ3) is 4.47. The SMILES string of the molecule is CCOc1ccc(Cl)cc1NCC(CC)CC. The maximum absolute atomic E-state index is 6.00. The molecule has 0 saturated carbocycles. The van der Waals surface area contributed by atoms with Crippen molar-refractivity contribution in [1.82, 2.24) is 0 Å². The van der Waals surface area contributed by atoms with Crippen LogP contribution < -0.4 is 10.1 Å². The number of hydrogen-bond donors (Lipinski definition) is 1. The Morgan fingerprint density at radius 3 is 2.53 bits per heavy atom. The van der Waals surface area contributed by atoms with Gasteiger partial charge in [-0.2, -0.15) is 0 Å². The van der Waals surface area contributed by atoms with E-state index in [0.717, 1.165) is 23.0 Å². The molecular weight excluding hydrogens is 234 g/mol. The third-order valence-corrected chi connectivity index (χ3v) is 3.21. The molecule has 0 fully saturated rings. The molecule has 0 atom stereocenters. The number of benzene rings is 1. The highest BCUT2D eigenvalue weighted by Crippen LogP contribution is 2.28. The van der Waals surface area contributed by atoms with Gasteiger partial charge >= 0.3 is 0 Å². The Bertz CT molecular complexity index is 337. The van der Waals surface area contributed by atoms with Crippen molar-refractivity contribution >= 4 is 17.3 Å². The minimum atomic E-state index is 0.668. The van der Waals surface area contributed by atoms with Crippen molar-refractivity contribution in [3.8, 4) is 5.75 Å². The molecule has 0 aliphatic rings. The molecule has 3 heteroatoms. The van der Waals surface area contributed by atoms with Gasteiger partial charge in [0.15, 0.2) is 0 Å². The van der Waals surface area contributed by atoms with Gasteiger partial charge in [0.2, 0.25) is 0 Å². The predicted molar refractivity (Wildman–Crippen MR) is 75.2 cm³/mol. The van der Waals surface area contributed by atoms with Crippen LogP contribution >= 0.6 is 11.6 Å².